The SMILES string of the molecule is COC1(CNC(C)c2ccc(O)cc2)CCC1. The molecule has 3 heteroatoms. The highest BCUT2D eigenvalue weighted by Crippen LogP contribution is 2.34. The van der Waals surface area contributed by atoms with E-state index in [0.717, 1.165) is 19.4 Å². The van der Waals surface area contributed by atoms with E-state index in [2.05, 4.69) is 12.2 Å². The molecule has 0 bridgehead atoms. The van der Waals surface area contributed by atoms with Crippen molar-refractivity contribution in [1.82, 2.24) is 5.32 Å². The van der Waals surface area contributed by atoms with Crippen molar-refractivity contribution in [3.8, 4) is 5.75 Å². The van der Waals surface area contributed by atoms with E-state index >= 15 is 0 Å². The lowest BCUT2D eigenvalue weighted by Gasteiger charge is -2.41. The van der Waals surface area contributed by atoms with E-state index in [0.29, 0.717) is 5.75 Å². The summed E-state index contributed by atoms with van der Waals surface area (Å²) in [5.74, 6) is 0.313. The Hall–Kier alpha value is -1.06. The lowest BCUT2D eigenvalue weighted by atomic mass is 9.80. The number of aromatic hydroxyl groups is 1. The van der Waals surface area contributed by atoms with Crippen molar-refractivity contribution in [3.05, 3.63) is 29.8 Å². The van der Waals surface area contributed by atoms with Gasteiger partial charge in [0, 0.05) is 19.7 Å². The van der Waals surface area contributed by atoms with E-state index in [1.165, 1.54) is 12.0 Å². The first kappa shape index (κ1) is 12.4. The molecule has 1 aliphatic carbocycles. The Kier molecular flexibility index (Phi) is 3.69. The van der Waals surface area contributed by atoms with Crippen molar-refractivity contribution in [2.24, 2.45) is 0 Å². The first-order chi connectivity index (χ1) is 8.15. The molecule has 2 rings (SSSR count). The molecule has 1 saturated carbocycles. The second kappa shape index (κ2) is 5.07. The van der Waals surface area contributed by atoms with E-state index in [1.807, 2.05) is 12.1 Å². The van der Waals surface area contributed by atoms with Crippen molar-refractivity contribution in [3.63, 3.8) is 0 Å². The molecule has 0 amide bonds. The number of ether oxygens (including phenoxy) is 1. The van der Waals surface area contributed by atoms with E-state index in [1.54, 1.807) is 19.2 Å². The highest BCUT2D eigenvalue weighted by molar-refractivity contribution is 5.27. The van der Waals surface area contributed by atoms with Crippen molar-refractivity contribution < 1.29 is 9.84 Å². The number of nitrogens with one attached hydrogen (secondary N) is 1. The third kappa shape index (κ3) is 2.79. The summed E-state index contributed by atoms with van der Waals surface area (Å²) < 4.78 is 5.58. The summed E-state index contributed by atoms with van der Waals surface area (Å²) >= 11 is 0. The van der Waals surface area contributed by atoms with E-state index in [4.69, 9.17) is 4.74 Å². The number of rotatable bonds is 5. The minimum atomic E-state index is 0.0607. The summed E-state index contributed by atoms with van der Waals surface area (Å²) in [7, 11) is 1.80. The molecule has 0 saturated heterocycles. The van der Waals surface area contributed by atoms with E-state index in [9.17, 15) is 5.11 Å². The van der Waals surface area contributed by atoms with E-state index < -0.39 is 0 Å². The first-order valence-electron chi connectivity index (χ1n) is 6.23. The van der Waals surface area contributed by atoms with Gasteiger partial charge in [-0.25, -0.2) is 0 Å². The minimum absolute atomic E-state index is 0.0607. The van der Waals surface area contributed by atoms with Gasteiger partial charge < -0.3 is 15.2 Å². The molecule has 0 aromatic heterocycles. The molecule has 1 unspecified atom stereocenters. The summed E-state index contributed by atoms with van der Waals surface area (Å²) in [6.45, 7) is 3.03. The highest BCUT2D eigenvalue weighted by Gasteiger charge is 2.36. The summed E-state index contributed by atoms with van der Waals surface area (Å²) in [5, 5.41) is 12.7. The molecule has 94 valence electrons. The van der Waals surface area contributed by atoms with Crippen molar-refractivity contribution in [2.45, 2.75) is 37.8 Å². The zero-order valence-corrected chi connectivity index (χ0v) is 10.6. The van der Waals surface area contributed by atoms with Crippen LogP contribution in [0.25, 0.3) is 0 Å². The van der Waals surface area contributed by atoms with Crippen LogP contribution in [0.5, 0.6) is 5.75 Å². The van der Waals surface area contributed by atoms with Gasteiger partial charge in [0.15, 0.2) is 0 Å². The largest absolute Gasteiger partial charge is 0.508 e. The lowest BCUT2D eigenvalue weighted by Crippen LogP contribution is -2.48. The second-order valence-electron chi connectivity index (χ2n) is 4.93. The maximum atomic E-state index is 9.24. The van der Waals surface area contributed by atoms with Crippen LogP contribution in [-0.2, 0) is 4.74 Å². The third-order valence-electron chi connectivity index (χ3n) is 3.82. The molecule has 0 radical (unpaired) electrons. The average Bonchev–Trinajstić information content (AvgIpc) is 2.29. The van der Waals surface area contributed by atoms with Crippen LogP contribution in [0.4, 0.5) is 0 Å². The summed E-state index contributed by atoms with van der Waals surface area (Å²) in [6, 6.07) is 7.63. The monoisotopic (exact) mass is 235 g/mol. The Bertz CT molecular complexity index is 351. The predicted octanol–water partition coefficient (Wildman–Crippen LogP) is 2.61. The van der Waals surface area contributed by atoms with Crippen molar-refractivity contribution in [2.75, 3.05) is 13.7 Å². The van der Waals surface area contributed by atoms with Gasteiger partial charge in [-0.1, -0.05) is 12.1 Å². The second-order valence-corrected chi connectivity index (χ2v) is 4.93. The Morgan fingerprint density at radius 3 is 2.47 bits per heavy atom. The summed E-state index contributed by atoms with van der Waals surface area (Å²) in [6.07, 6.45) is 3.57. The van der Waals surface area contributed by atoms with Gasteiger partial charge in [-0.05, 0) is 43.9 Å². The molecule has 0 aliphatic heterocycles. The topological polar surface area (TPSA) is 41.5 Å². The van der Waals surface area contributed by atoms with E-state index in [-0.39, 0.29) is 11.6 Å². The lowest BCUT2D eigenvalue weighted by molar-refractivity contribution is -0.0706. The van der Waals surface area contributed by atoms with Crippen LogP contribution in [0.1, 0.15) is 37.8 Å². The fourth-order valence-corrected chi connectivity index (χ4v) is 2.24. The van der Waals surface area contributed by atoms with Crippen LogP contribution < -0.4 is 5.32 Å². The zero-order valence-electron chi connectivity index (χ0n) is 10.6. The maximum Gasteiger partial charge on any atom is 0.115 e. The Morgan fingerprint density at radius 1 is 1.35 bits per heavy atom. The molecule has 0 spiro atoms. The molecular weight excluding hydrogens is 214 g/mol. The smallest absolute Gasteiger partial charge is 0.115 e. The van der Waals surface area contributed by atoms with Crippen molar-refractivity contribution in [1.29, 1.82) is 0 Å². The number of hydrogen-bond acceptors (Lipinski definition) is 3. The Balaban J connectivity index is 1.88. The van der Waals surface area contributed by atoms with Gasteiger partial charge in [-0.15, -0.1) is 0 Å². The van der Waals surface area contributed by atoms with Gasteiger partial charge in [0.2, 0.25) is 0 Å². The standard InChI is InChI=1S/C14H21NO2/c1-11(12-4-6-13(16)7-5-12)15-10-14(17-2)8-3-9-14/h4-7,11,15-16H,3,8-10H2,1-2H3. The zero-order chi connectivity index (χ0) is 12.3. The molecule has 3 nitrogen and oxygen atoms in total. The molecular formula is C14H21NO2. The molecule has 2 N–H and O–H groups in total. The van der Waals surface area contributed by atoms with Crippen LogP contribution in [0.2, 0.25) is 0 Å². The van der Waals surface area contributed by atoms with Crippen LogP contribution in [0.3, 0.4) is 0 Å². The van der Waals surface area contributed by atoms with Gasteiger partial charge in [0.05, 0.1) is 5.60 Å². The highest BCUT2D eigenvalue weighted by atomic mass is 16.5. The van der Waals surface area contributed by atoms with Crippen LogP contribution in [0, 0.1) is 0 Å². The number of hydrogen-bond donors (Lipinski definition) is 2. The Morgan fingerprint density at radius 2 is 2.00 bits per heavy atom. The molecule has 1 atom stereocenters. The molecule has 17 heavy (non-hydrogen) atoms. The first-order valence-corrected chi connectivity index (χ1v) is 6.23. The predicted molar refractivity (Wildman–Crippen MR) is 68.1 cm³/mol. The van der Waals surface area contributed by atoms with Crippen LogP contribution >= 0.6 is 0 Å². The Labute approximate surface area is 103 Å². The van der Waals surface area contributed by atoms with Gasteiger partial charge >= 0.3 is 0 Å². The number of methoxy groups -OCH3 is 1. The molecule has 1 aliphatic rings. The minimum Gasteiger partial charge on any atom is -0.508 e. The normalized spacial score (nSPS) is 19.6. The fraction of sp³-hybridized carbons (Fsp3) is 0.571. The molecule has 1 aromatic carbocycles. The fourth-order valence-electron chi connectivity index (χ4n) is 2.24. The van der Waals surface area contributed by atoms with Gasteiger partial charge in [0.1, 0.15) is 5.75 Å². The average molecular weight is 235 g/mol. The molecule has 0 heterocycles. The quantitative estimate of drug-likeness (QED) is 0.824. The molecule has 1 fully saturated rings. The van der Waals surface area contributed by atoms with Crippen LogP contribution in [0.15, 0.2) is 24.3 Å². The summed E-state index contributed by atoms with van der Waals surface area (Å²) in [4.78, 5) is 0. The molecule has 1 aromatic rings. The summed E-state index contributed by atoms with van der Waals surface area (Å²) in [5.41, 5.74) is 1.25. The van der Waals surface area contributed by atoms with Gasteiger partial charge in [0.25, 0.3) is 0 Å². The van der Waals surface area contributed by atoms with Gasteiger partial charge in [-0.3, -0.25) is 0 Å². The third-order valence-corrected chi connectivity index (χ3v) is 3.82. The number of phenolic OH excluding ortho intramolecular Hbond substituents is 1. The van der Waals surface area contributed by atoms with Gasteiger partial charge in [-0.2, -0.15) is 0 Å². The number of phenols is 1. The maximum absolute atomic E-state index is 9.24. The van der Waals surface area contributed by atoms with Crippen LogP contribution in [-0.4, -0.2) is 24.4 Å². The number of benzene rings is 1. The van der Waals surface area contributed by atoms with Crippen molar-refractivity contribution >= 4 is 0 Å².